The molecule has 0 spiro atoms. The van der Waals surface area contributed by atoms with E-state index in [2.05, 4.69) is 18.1 Å². The highest BCUT2D eigenvalue weighted by Gasteiger charge is 2.28. The topological polar surface area (TPSA) is 55.6 Å². The number of methoxy groups -OCH3 is 1. The molecule has 0 aliphatic carbocycles. The lowest BCUT2D eigenvalue weighted by atomic mass is 9.93. The monoisotopic (exact) mass is 362 g/mol. The number of hydrogen-bond acceptors (Lipinski definition) is 4. The van der Waals surface area contributed by atoms with Crippen molar-refractivity contribution in [1.29, 1.82) is 0 Å². The molecule has 3 aromatic rings. The second-order valence-electron chi connectivity index (χ2n) is 6.80. The molecule has 1 aliphatic rings. The molecule has 0 bridgehead atoms. The van der Waals surface area contributed by atoms with Crippen LogP contribution < -0.4 is 4.74 Å². The standard InChI is InChI=1S/C22H22N2O3/c1-15-20-14-19(26-2)9-8-16(20)10-11-24(15)22(25)13-18-12-21(27-23-18)17-6-4-3-5-7-17/h3-9,12,14-15H,10-11,13H2,1-2H3. The first-order chi connectivity index (χ1) is 13.2. The molecule has 2 heterocycles. The minimum atomic E-state index is 0.0110. The Bertz CT molecular complexity index is 949. The van der Waals surface area contributed by atoms with Crippen LogP contribution >= 0.6 is 0 Å². The van der Waals surface area contributed by atoms with Crippen molar-refractivity contribution in [2.75, 3.05) is 13.7 Å². The minimum Gasteiger partial charge on any atom is -0.497 e. The van der Waals surface area contributed by atoms with Crippen LogP contribution in [0.5, 0.6) is 5.75 Å². The molecule has 1 atom stereocenters. The fourth-order valence-electron chi connectivity index (χ4n) is 3.65. The molecule has 0 N–H and O–H groups in total. The van der Waals surface area contributed by atoms with E-state index >= 15 is 0 Å². The Morgan fingerprint density at radius 3 is 2.81 bits per heavy atom. The maximum Gasteiger partial charge on any atom is 0.229 e. The Morgan fingerprint density at radius 2 is 2.04 bits per heavy atom. The van der Waals surface area contributed by atoms with Gasteiger partial charge in [-0.05, 0) is 36.6 Å². The van der Waals surface area contributed by atoms with Crippen LogP contribution in [0.1, 0.15) is 29.8 Å². The lowest BCUT2D eigenvalue weighted by Gasteiger charge is -2.35. The SMILES string of the molecule is COc1ccc2c(c1)C(C)N(C(=O)Cc1cc(-c3ccccc3)on1)CC2. The van der Waals surface area contributed by atoms with E-state index in [0.29, 0.717) is 18.0 Å². The lowest BCUT2D eigenvalue weighted by molar-refractivity contribution is -0.133. The molecule has 0 fully saturated rings. The van der Waals surface area contributed by atoms with Gasteiger partial charge in [-0.2, -0.15) is 0 Å². The highest BCUT2D eigenvalue weighted by Crippen LogP contribution is 2.32. The predicted molar refractivity (Wildman–Crippen MR) is 102 cm³/mol. The molecule has 0 radical (unpaired) electrons. The third-order valence-electron chi connectivity index (χ3n) is 5.16. The second kappa shape index (κ2) is 7.27. The van der Waals surface area contributed by atoms with Gasteiger partial charge in [0.05, 0.1) is 25.3 Å². The van der Waals surface area contributed by atoms with Crippen LogP contribution in [-0.4, -0.2) is 29.6 Å². The van der Waals surface area contributed by atoms with Crippen molar-refractivity contribution in [2.24, 2.45) is 0 Å². The number of carbonyl (C=O) groups is 1. The van der Waals surface area contributed by atoms with Crippen molar-refractivity contribution in [3.63, 3.8) is 0 Å². The van der Waals surface area contributed by atoms with Gasteiger partial charge in [-0.3, -0.25) is 4.79 Å². The zero-order valence-electron chi connectivity index (χ0n) is 15.5. The van der Waals surface area contributed by atoms with Gasteiger partial charge in [0.15, 0.2) is 5.76 Å². The minimum absolute atomic E-state index is 0.0110. The van der Waals surface area contributed by atoms with Crippen molar-refractivity contribution in [3.8, 4) is 17.1 Å². The van der Waals surface area contributed by atoms with Crippen LogP contribution in [0.3, 0.4) is 0 Å². The molecule has 1 aliphatic heterocycles. The fourth-order valence-corrected chi connectivity index (χ4v) is 3.65. The van der Waals surface area contributed by atoms with Gasteiger partial charge in [0, 0.05) is 18.2 Å². The Kier molecular flexibility index (Phi) is 4.67. The maximum atomic E-state index is 12.9. The normalized spacial score (nSPS) is 16.1. The van der Waals surface area contributed by atoms with E-state index in [0.717, 1.165) is 23.3 Å². The number of aromatic nitrogens is 1. The molecule has 1 aromatic heterocycles. The molecule has 5 heteroatoms. The molecular weight excluding hydrogens is 340 g/mol. The number of nitrogens with zero attached hydrogens (tertiary/aromatic N) is 2. The number of amides is 1. The number of benzene rings is 2. The first kappa shape index (κ1) is 17.3. The predicted octanol–water partition coefficient (Wildman–Crippen LogP) is 4.04. The van der Waals surface area contributed by atoms with Gasteiger partial charge in [-0.1, -0.05) is 41.6 Å². The van der Waals surface area contributed by atoms with Crippen molar-refractivity contribution >= 4 is 5.91 Å². The van der Waals surface area contributed by atoms with E-state index < -0.39 is 0 Å². The molecule has 0 saturated heterocycles. The fraction of sp³-hybridized carbons (Fsp3) is 0.273. The summed E-state index contributed by atoms with van der Waals surface area (Å²) < 4.78 is 10.8. The molecule has 0 saturated carbocycles. The first-order valence-electron chi connectivity index (χ1n) is 9.13. The largest absolute Gasteiger partial charge is 0.497 e. The molecule has 4 rings (SSSR count). The van der Waals surface area contributed by atoms with Crippen LogP contribution in [0.25, 0.3) is 11.3 Å². The number of carbonyl (C=O) groups excluding carboxylic acids is 1. The van der Waals surface area contributed by atoms with Gasteiger partial charge in [-0.15, -0.1) is 0 Å². The molecule has 1 unspecified atom stereocenters. The van der Waals surface area contributed by atoms with E-state index in [9.17, 15) is 4.79 Å². The average Bonchev–Trinajstić information content (AvgIpc) is 3.17. The van der Waals surface area contributed by atoms with Gasteiger partial charge in [0.2, 0.25) is 5.91 Å². The van der Waals surface area contributed by atoms with Crippen LogP contribution in [0.15, 0.2) is 59.1 Å². The highest BCUT2D eigenvalue weighted by atomic mass is 16.5. The average molecular weight is 362 g/mol. The first-order valence-corrected chi connectivity index (χ1v) is 9.13. The van der Waals surface area contributed by atoms with Gasteiger partial charge in [0.25, 0.3) is 0 Å². The van der Waals surface area contributed by atoms with E-state index in [1.165, 1.54) is 5.56 Å². The van der Waals surface area contributed by atoms with E-state index in [1.807, 2.05) is 53.4 Å². The van der Waals surface area contributed by atoms with E-state index in [4.69, 9.17) is 9.26 Å². The van der Waals surface area contributed by atoms with Crippen LogP contribution in [0, 0.1) is 0 Å². The van der Waals surface area contributed by atoms with Crippen LogP contribution in [-0.2, 0) is 17.6 Å². The Balaban J connectivity index is 1.49. The van der Waals surface area contributed by atoms with Crippen LogP contribution in [0.4, 0.5) is 0 Å². The van der Waals surface area contributed by atoms with Crippen molar-refractivity contribution < 1.29 is 14.1 Å². The summed E-state index contributed by atoms with van der Waals surface area (Å²) in [5.41, 5.74) is 4.04. The molecule has 27 heavy (non-hydrogen) atoms. The van der Waals surface area contributed by atoms with Crippen molar-refractivity contribution in [1.82, 2.24) is 10.1 Å². The third kappa shape index (κ3) is 3.45. The smallest absolute Gasteiger partial charge is 0.229 e. The summed E-state index contributed by atoms with van der Waals surface area (Å²) in [5, 5.41) is 4.08. The molecule has 5 nitrogen and oxygen atoms in total. The second-order valence-corrected chi connectivity index (χ2v) is 6.80. The summed E-state index contributed by atoms with van der Waals surface area (Å²) in [6, 6.07) is 17.7. The molecule has 2 aromatic carbocycles. The van der Waals surface area contributed by atoms with Gasteiger partial charge < -0.3 is 14.2 Å². The summed E-state index contributed by atoms with van der Waals surface area (Å²) >= 11 is 0. The number of ether oxygens (including phenoxy) is 1. The molecule has 138 valence electrons. The number of hydrogen-bond donors (Lipinski definition) is 0. The third-order valence-corrected chi connectivity index (χ3v) is 5.16. The zero-order chi connectivity index (χ0) is 18.8. The lowest BCUT2D eigenvalue weighted by Crippen LogP contribution is -2.39. The Labute approximate surface area is 158 Å². The van der Waals surface area contributed by atoms with Crippen molar-refractivity contribution in [3.05, 3.63) is 71.4 Å². The van der Waals surface area contributed by atoms with E-state index in [-0.39, 0.29) is 18.4 Å². The van der Waals surface area contributed by atoms with Crippen LogP contribution in [0.2, 0.25) is 0 Å². The molecule has 1 amide bonds. The molecular formula is C22H22N2O3. The summed E-state index contributed by atoms with van der Waals surface area (Å²) in [4.78, 5) is 14.8. The summed E-state index contributed by atoms with van der Waals surface area (Å²) in [5.74, 6) is 1.56. The summed E-state index contributed by atoms with van der Waals surface area (Å²) in [7, 11) is 1.66. The highest BCUT2D eigenvalue weighted by molar-refractivity contribution is 5.79. The Hall–Kier alpha value is -3.08. The van der Waals surface area contributed by atoms with Crippen molar-refractivity contribution in [2.45, 2.75) is 25.8 Å². The number of rotatable bonds is 4. The Morgan fingerprint density at radius 1 is 1.22 bits per heavy atom. The van der Waals surface area contributed by atoms with E-state index in [1.54, 1.807) is 7.11 Å². The van der Waals surface area contributed by atoms with Gasteiger partial charge in [0.1, 0.15) is 5.75 Å². The summed E-state index contributed by atoms with van der Waals surface area (Å²) in [6.07, 6.45) is 1.09. The maximum absolute atomic E-state index is 12.9. The zero-order valence-corrected chi connectivity index (χ0v) is 15.5. The summed E-state index contributed by atoms with van der Waals surface area (Å²) in [6.45, 7) is 2.77. The van der Waals surface area contributed by atoms with Gasteiger partial charge in [-0.25, -0.2) is 0 Å². The quantitative estimate of drug-likeness (QED) is 0.703. The van der Waals surface area contributed by atoms with Gasteiger partial charge >= 0.3 is 0 Å². The number of fused-ring (bicyclic) bond motifs is 1.